The standard InChI is InChI=1S/C11H11N3O2S3/c1-8-13-9(7-17-8)6-14(2)19(15,16)11-4-3-10(5-12)18-11/h3-4,7H,6H2,1-2H3. The maximum absolute atomic E-state index is 12.3. The van der Waals surface area contributed by atoms with Gasteiger partial charge in [-0.15, -0.1) is 22.7 Å². The van der Waals surface area contributed by atoms with Crippen LogP contribution < -0.4 is 0 Å². The van der Waals surface area contributed by atoms with Crippen LogP contribution >= 0.6 is 22.7 Å². The topological polar surface area (TPSA) is 74.1 Å². The number of aryl methyl sites for hydroxylation is 1. The summed E-state index contributed by atoms with van der Waals surface area (Å²) in [6, 6.07) is 4.91. The van der Waals surface area contributed by atoms with Gasteiger partial charge in [0.2, 0.25) is 0 Å². The Bertz CT molecular complexity index is 724. The van der Waals surface area contributed by atoms with Gasteiger partial charge in [-0.3, -0.25) is 0 Å². The highest BCUT2D eigenvalue weighted by Gasteiger charge is 2.23. The number of nitriles is 1. The molecular weight excluding hydrogens is 302 g/mol. The van der Waals surface area contributed by atoms with E-state index in [0.29, 0.717) is 4.88 Å². The van der Waals surface area contributed by atoms with E-state index in [-0.39, 0.29) is 10.8 Å². The minimum atomic E-state index is -3.55. The molecule has 0 bridgehead atoms. The summed E-state index contributed by atoms with van der Waals surface area (Å²) < 4.78 is 26.0. The Kier molecular flexibility index (Phi) is 4.01. The summed E-state index contributed by atoms with van der Waals surface area (Å²) in [7, 11) is -2.04. The van der Waals surface area contributed by atoms with Gasteiger partial charge in [0, 0.05) is 12.4 Å². The van der Waals surface area contributed by atoms with Gasteiger partial charge in [-0.2, -0.15) is 9.57 Å². The van der Waals surface area contributed by atoms with E-state index in [2.05, 4.69) is 4.98 Å². The van der Waals surface area contributed by atoms with Gasteiger partial charge in [0.15, 0.2) is 0 Å². The maximum atomic E-state index is 12.3. The molecule has 0 radical (unpaired) electrons. The van der Waals surface area contributed by atoms with Crippen LogP contribution in [0.5, 0.6) is 0 Å². The summed E-state index contributed by atoms with van der Waals surface area (Å²) >= 11 is 2.46. The Hall–Kier alpha value is -1.27. The summed E-state index contributed by atoms with van der Waals surface area (Å²) in [6.45, 7) is 2.10. The Morgan fingerprint density at radius 1 is 1.47 bits per heavy atom. The summed E-state index contributed by atoms with van der Waals surface area (Å²) in [5, 5.41) is 11.5. The van der Waals surface area contributed by atoms with Crippen molar-refractivity contribution in [3.05, 3.63) is 33.1 Å². The van der Waals surface area contributed by atoms with Gasteiger partial charge in [-0.1, -0.05) is 0 Å². The number of hydrogen-bond donors (Lipinski definition) is 0. The van der Waals surface area contributed by atoms with Gasteiger partial charge in [-0.05, 0) is 19.1 Å². The Labute approximate surface area is 119 Å². The molecule has 0 saturated carbocycles. The van der Waals surface area contributed by atoms with Crippen molar-refractivity contribution >= 4 is 32.7 Å². The molecule has 0 amide bonds. The number of nitrogens with zero attached hydrogens (tertiary/aromatic N) is 3. The quantitative estimate of drug-likeness (QED) is 0.867. The Morgan fingerprint density at radius 2 is 2.21 bits per heavy atom. The average molecular weight is 313 g/mol. The monoisotopic (exact) mass is 313 g/mol. The highest BCUT2D eigenvalue weighted by Crippen LogP contribution is 2.24. The van der Waals surface area contributed by atoms with Crippen molar-refractivity contribution in [2.45, 2.75) is 17.7 Å². The van der Waals surface area contributed by atoms with E-state index < -0.39 is 10.0 Å². The molecular formula is C11H11N3O2S3. The predicted octanol–water partition coefficient (Wildman–Crippen LogP) is 2.21. The van der Waals surface area contributed by atoms with Crippen LogP contribution in [0.1, 0.15) is 15.6 Å². The minimum Gasteiger partial charge on any atom is -0.245 e. The van der Waals surface area contributed by atoms with E-state index in [1.54, 1.807) is 0 Å². The zero-order valence-electron chi connectivity index (χ0n) is 10.3. The smallest absolute Gasteiger partial charge is 0.245 e. The van der Waals surface area contributed by atoms with Gasteiger partial charge in [0.05, 0.1) is 17.2 Å². The largest absolute Gasteiger partial charge is 0.252 e. The van der Waals surface area contributed by atoms with Gasteiger partial charge < -0.3 is 0 Å². The van der Waals surface area contributed by atoms with Crippen molar-refractivity contribution in [2.24, 2.45) is 0 Å². The zero-order valence-corrected chi connectivity index (χ0v) is 12.8. The molecule has 0 aliphatic rings. The minimum absolute atomic E-state index is 0.179. The first-order chi connectivity index (χ1) is 8.93. The van der Waals surface area contributed by atoms with Crippen LogP contribution in [0, 0.1) is 18.3 Å². The fourth-order valence-corrected chi connectivity index (χ4v) is 4.53. The first-order valence-electron chi connectivity index (χ1n) is 5.31. The van der Waals surface area contributed by atoms with Crippen molar-refractivity contribution in [1.29, 1.82) is 5.26 Å². The molecule has 8 heteroatoms. The third-order valence-electron chi connectivity index (χ3n) is 2.41. The lowest BCUT2D eigenvalue weighted by molar-refractivity contribution is 0.464. The molecule has 0 fully saturated rings. The van der Waals surface area contributed by atoms with E-state index in [1.165, 1.54) is 34.8 Å². The molecule has 100 valence electrons. The van der Waals surface area contributed by atoms with Crippen molar-refractivity contribution in [2.75, 3.05) is 7.05 Å². The Morgan fingerprint density at radius 3 is 2.74 bits per heavy atom. The second-order valence-electron chi connectivity index (χ2n) is 3.85. The van der Waals surface area contributed by atoms with Gasteiger partial charge in [0.25, 0.3) is 10.0 Å². The highest BCUT2D eigenvalue weighted by atomic mass is 32.2. The normalized spacial score (nSPS) is 11.7. The lowest BCUT2D eigenvalue weighted by Gasteiger charge is -2.14. The molecule has 5 nitrogen and oxygen atoms in total. The van der Waals surface area contributed by atoms with E-state index in [0.717, 1.165) is 22.0 Å². The van der Waals surface area contributed by atoms with Crippen molar-refractivity contribution in [1.82, 2.24) is 9.29 Å². The number of aromatic nitrogens is 1. The number of rotatable bonds is 4. The molecule has 2 aromatic heterocycles. The fourth-order valence-electron chi connectivity index (χ4n) is 1.47. The van der Waals surface area contributed by atoms with Crippen LogP contribution in [-0.2, 0) is 16.6 Å². The summed E-state index contributed by atoms with van der Waals surface area (Å²) in [4.78, 5) is 4.63. The van der Waals surface area contributed by atoms with Crippen LogP contribution in [0.2, 0.25) is 0 Å². The predicted molar refractivity (Wildman–Crippen MR) is 74.5 cm³/mol. The second-order valence-corrected chi connectivity index (χ2v) is 8.27. The molecule has 0 N–H and O–H groups in total. The van der Waals surface area contributed by atoms with Gasteiger partial charge >= 0.3 is 0 Å². The number of sulfonamides is 1. The molecule has 2 aromatic rings. The molecule has 0 aliphatic heterocycles. The first-order valence-corrected chi connectivity index (χ1v) is 8.44. The van der Waals surface area contributed by atoms with E-state index in [1.807, 2.05) is 18.4 Å². The van der Waals surface area contributed by atoms with Crippen LogP contribution in [0.25, 0.3) is 0 Å². The molecule has 2 rings (SSSR count). The lowest BCUT2D eigenvalue weighted by atomic mass is 10.5. The Balaban J connectivity index is 2.22. The van der Waals surface area contributed by atoms with Crippen LogP contribution in [0.15, 0.2) is 21.7 Å². The van der Waals surface area contributed by atoms with Crippen LogP contribution in [0.4, 0.5) is 0 Å². The average Bonchev–Trinajstić information content (AvgIpc) is 2.98. The van der Waals surface area contributed by atoms with Crippen LogP contribution in [-0.4, -0.2) is 24.8 Å². The molecule has 0 unspecified atom stereocenters. The molecule has 0 spiro atoms. The number of thiazole rings is 1. The van der Waals surface area contributed by atoms with Crippen molar-refractivity contribution in [3.8, 4) is 6.07 Å². The summed E-state index contributed by atoms with van der Waals surface area (Å²) in [5.74, 6) is 0. The first kappa shape index (κ1) is 14.1. The van der Waals surface area contributed by atoms with Crippen LogP contribution in [0.3, 0.4) is 0 Å². The molecule has 0 aromatic carbocycles. The second kappa shape index (κ2) is 5.38. The van der Waals surface area contributed by atoms with Gasteiger partial charge in [-0.25, -0.2) is 13.4 Å². The van der Waals surface area contributed by atoms with E-state index >= 15 is 0 Å². The SMILES string of the molecule is Cc1nc(CN(C)S(=O)(=O)c2ccc(C#N)s2)cs1. The molecule has 0 atom stereocenters. The van der Waals surface area contributed by atoms with Crippen molar-refractivity contribution < 1.29 is 8.42 Å². The van der Waals surface area contributed by atoms with Crippen molar-refractivity contribution in [3.63, 3.8) is 0 Å². The maximum Gasteiger partial charge on any atom is 0.252 e. The highest BCUT2D eigenvalue weighted by molar-refractivity contribution is 7.91. The number of hydrogen-bond acceptors (Lipinski definition) is 6. The summed E-state index contributed by atoms with van der Waals surface area (Å²) in [6.07, 6.45) is 0. The molecule has 19 heavy (non-hydrogen) atoms. The lowest BCUT2D eigenvalue weighted by Crippen LogP contribution is -2.25. The third kappa shape index (κ3) is 3.01. The third-order valence-corrected chi connectivity index (χ3v) is 6.49. The fraction of sp³-hybridized carbons (Fsp3) is 0.273. The molecule has 0 saturated heterocycles. The molecule has 2 heterocycles. The van der Waals surface area contributed by atoms with E-state index in [9.17, 15) is 8.42 Å². The van der Waals surface area contributed by atoms with Gasteiger partial charge in [0.1, 0.15) is 15.2 Å². The summed E-state index contributed by atoms with van der Waals surface area (Å²) in [5.41, 5.74) is 0.727. The van der Waals surface area contributed by atoms with E-state index in [4.69, 9.17) is 5.26 Å². The zero-order chi connectivity index (χ0) is 14.0. The molecule has 0 aliphatic carbocycles. The number of thiophene rings is 1.